The third kappa shape index (κ3) is 8.55. The number of ether oxygens (including phenoxy) is 3. The molecule has 0 radical (unpaired) electrons. The minimum atomic E-state index is -0.587. The fraction of sp³-hybridized carbons (Fsp3) is 0.632. The van der Waals surface area contributed by atoms with Crippen molar-refractivity contribution in [1.29, 1.82) is 0 Å². The molecular formula is C38H52N4O6S2. The fourth-order valence-corrected chi connectivity index (χ4v) is 8.88. The van der Waals surface area contributed by atoms with Crippen molar-refractivity contribution in [3.05, 3.63) is 39.8 Å². The summed E-state index contributed by atoms with van der Waals surface area (Å²) in [5, 5.41) is 6.98. The topological polar surface area (TPSA) is 109 Å². The number of aryl methyl sites for hydroxylation is 1. The average Bonchev–Trinajstić information content (AvgIpc) is 4.01. The number of nitrogens with zero attached hydrogens (tertiary/aromatic N) is 2. The van der Waals surface area contributed by atoms with Crippen LogP contribution in [-0.2, 0) is 28.9 Å². The summed E-state index contributed by atoms with van der Waals surface area (Å²) in [6, 6.07) is 5.69. The lowest BCUT2D eigenvalue weighted by Gasteiger charge is -2.37. The molecule has 1 aliphatic heterocycles. The molecule has 3 amide bonds. The van der Waals surface area contributed by atoms with E-state index in [1.807, 2.05) is 43.9 Å². The number of likely N-dealkylation sites (tertiary alicyclic amines) is 1. The van der Waals surface area contributed by atoms with Crippen molar-refractivity contribution >= 4 is 51.5 Å². The van der Waals surface area contributed by atoms with Gasteiger partial charge in [0.05, 0.1) is 36.9 Å². The van der Waals surface area contributed by atoms with Crippen molar-refractivity contribution in [2.45, 2.75) is 110 Å². The standard InChI is InChI=1S/C38H52N4O6S2/c1-22-29(15-16-41(22)37(45)48-38(2,3)4)42(21-26-12-13-27(46-5)19-30(26)47-6)32(49)18-24-9-14-31-28(17-24)33(35(44)39-20-23-7-8-23)36(50-31)40-34(43)25-10-11-25/h12-13,19,22-25,29H,7-11,14-18,20-21H2,1-6H3,(H,39,44)(H,40,43)/t22?,24-,29?/m0/s1. The van der Waals surface area contributed by atoms with E-state index in [1.54, 1.807) is 25.6 Å². The summed E-state index contributed by atoms with van der Waals surface area (Å²) in [7, 11) is 3.29. The van der Waals surface area contributed by atoms with Gasteiger partial charge in [-0.25, -0.2) is 4.79 Å². The highest BCUT2D eigenvalue weighted by molar-refractivity contribution is 7.80. The van der Waals surface area contributed by atoms with Crippen molar-refractivity contribution < 1.29 is 28.6 Å². The second-order valence-corrected chi connectivity index (χ2v) is 17.0. The molecule has 3 fully saturated rings. The van der Waals surface area contributed by atoms with Crippen LogP contribution in [0.5, 0.6) is 11.5 Å². The number of carbonyl (C=O) groups is 3. The molecule has 3 aliphatic carbocycles. The Morgan fingerprint density at radius 3 is 2.46 bits per heavy atom. The maximum Gasteiger partial charge on any atom is 0.410 e. The fourth-order valence-electron chi connectivity index (χ4n) is 7.20. The van der Waals surface area contributed by atoms with Crippen LogP contribution >= 0.6 is 23.6 Å². The maximum atomic E-state index is 13.7. The Bertz CT molecular complexity index is 1610. The Labute approximate surface area is 305 Å². The summed E-state index contributed by atoms with van der Waals surface area (Å²) in [4.78, 5) is 45.8. The number of anilines is 1. The zero-order valence-electron chi connectivity index (χ0n) is 30.3. The lowest BCUT2D eigenvalue weighted by molar-refractivity contribution is -0.117. The molecule has 2 aromatic rings. The third-order valence-electron chi connectivity index (χ3n) is 10.4. The molecule has 1 aromatic heterocycles. The number of thiocarbonyl (C=S) groups is 1. The van der Waals surface area contributed by atoms with E-state index in [0.717, 1.165) is 73.2 Å². The first-order chi connectivity index (χ1) is 23.8. The smallest absolute Gasteiger partial charge is 0.410 e. The lowest BCUT2D eigenvalue weighted by atomic mass is 9.84. The highest BCUT2D eigenvalue weighted by Crippen LogP contribution is 2.42. The number of benzene rings is 1. The number of amides is 3. The van der Waals surface area contributed by atoms with Gasteiger partial charge in [0.1, 0.15) is 22.1 Å². The number of hydrogen-bond acceptors (Lipinski definition) is 8. The molecule has 2 unspecified atom stereocenters. The van der Waals surface area contributed by atoms with Crippen LogP contribution in [0.1, 0.15) is 99.0 Å². The molecule has 4 aliphatic rings. The zero-order valence-corrected chi connectivity index (χ0v) is 31.9. The van der Waals surface area contributed by atoms with E-state index in [9.17, 15) is 14.4 Å². The third-order valence-corrected chi connectivity index (χ3v) is 12.0. The molecule has 1 aromatic carbocycles. The Balaban J connectivity index is 1.23. The highest BCUT2D eigenvalue weighted by atomic mass is 32.1. The van der Waals surface area contributed by atoms with Crippen LogP contribution in [0, 0.1) is 17.8 Å². The van der Waals surface area contributed by atoms with Gasteiger partial charge in [-0.15, -0.1) is 11.3 Å². The quantitative estimate of drug-likeness (QED) is 0.226. The number of nitrogens with one attached hydrogen (secondary N) is 2. The number of hydrogen-bond donors (Lipinski definition) is 2. The highest BCUT2D eigenvalue weighted by Gasteiger charge is 2.41. The molecule has 272 valence electrons. The maximum absolute atomic E-state index is 13.7. The molecule has 0 bridgehead atoms. The second-order valence-electron chi connectivity index (χ2n) is 15.4. The summed E-state index contributed by atoms with van der Waals surface area (Å²) in [5.41, 5.74) is 2.10. The Morgan fingerprint density at radius 2 is 1.80 bits per heavy atom. The minimum absolute atomic E-state index is 0.0184. The summed E-state index contributed by atoms with van der Waals surface area (Å²) in [6.45, 7) is 9.50. The van der Waals surface area contributed by atoms with Gasteiger partial charge in [0.25, 0.3) is 5.91 Å². The van der Waals surface area contributed by atoms with Crippen LogP contribution in [0.3, 0.4) is 0 Å². The summed E-state index contributed by atoms with van der Waals surface area (Å²) < 4.78 is 17.0. The number of carbonyl (C=O) groups excluding carboxylic acids is 3. The second kappa shape index (κ2) is 15.1. The molecule has 1 saturated heterocycles. The summed E-state index contributed by atoms with van der Waals surface area (Å²) in [6.07, 6.45) is 7.75. The van der Waals surface area contributed by atoms with E-state index in [-0.39, 0.29) is 41.8 Å². The predicted octanol–water partition coefficient (Wildman–Crippen LogP) is 6.98. The molecule has 0 spiro atoms. The normalized spacial score (nSPS) is 21.6. The van der Waals surface area contributed by atoms with Crippen LogP contribution in [-0.4, -0.2) is 77.7 Å². The largest absolute Gasteiger partial charge is 0.497 e. The molecule has 50 heavy (non-hydrogen) atoms. The number of methoxy groups -OCH3 is 2. The van der Waals surface area contributed by atoms with Crippen LogP contribution in [0.2, 0.25) is 0 Å². The van der Waals surface area contributed by atoms with E-state index in [2.05, 4.69) is 22.5 Å². The SMILES string of the molecule is COc1ccc(CN(C(=S)C[C@H]2CCc3sc(NC(=O)C4CC4)c(C(=O)NCC4CC4)c3C2)C2CCN(C(=O)OC(C)(C)C)C2C)c(OC)c1. The van der Waals surface area contributed by atoms with Crippen LogP contribution in [0.15, 0.2) is 18.2 Å². The molecule has 2 saturated carbocycles. The van der Waals surface area contributed by atoms with E-state index in [4.69, 9.17) is 26.4 Å². The number of fused-ring (bicyclic) bond motifs is 1. The van der Waals surface area contributed by atoms with Gasteiger partial charge in [-0.1, -0.05) is 12.2 Å². The van der Waals surface area contributed by atoms with Gasteiger partial charge in [0.15, 0.2) is 0 Å². The van der Waals surface area contributed by atoms with Crippen molar-refractivity contribution in [3.63, 3.8) is 0 Å². The van der Waals surface area contributed by atoms with Gasteiger partial charge in [0, 0.05) is 48.5 Å². The monoisotopic (exact) mass is 724 g/mol. The number of rotatable bonds is 12. The van der Waals surface area contributed by atoms with Crippen molar-refractivity contribution in [2.24, 2.45) is 17.8 Å². The van der Waals surface area contributed by atoms with Gasteiger partial charge in [-0.2, -0.15) is 0 Å². The summed E-state index contributed by atoms with van der Waals surface area (Å²) in [5.74, 6) is 2.21. The lowest BCUT2D eigenvalue weighted by Crippen LogP contribution is -2.48. The minimum Gasteiger partial charge on any atom is -0.497 e. The molecular weight excluding hydrogens is 673 g/mol. The van der Waals surface area contributed by atoms with Crippen molar-refractivity contribution in [1.82, 2.24) is 15.1 Å². The van der Waals surface area contributed by atoms with E-state index in [1.165, 1.54) is 4.88 Å². The van der Waals surface area contributed by atoms with Gasteiger partial charge in [0.2, 0.25) is 5.91 Å². The van der Waals surface area contributed by atoms with E-state index in [0.29, 0.717) is 48.3 Å². The van der Waals surface area contributed by atoms with Crippen LogP contribution < -0.4 is 20.1 Å². The van der Waals surface area contributed by atoms with Crippen LogP contribution in [0.25, 0.3) is 0 Å². The van der Waals surface area contributed by atoms with Crippen molar-refractivity contribution in [3.8, 4) is 11.5 Å². The summed E-state index contributed by atoms with van der Waals surface area (Å²) >= 11 is 7.88. The van der Waals surface area contributed by atoms with E-state index < -0.39 is 5.60 Å². The first-order valence-corrected chi connectivity index (χ1v) is 19.3. The Kier molecular flexibility index (Phi) is 11.0. The van der Waals surface area contributed by atoms with Gasteiger partial charge in [-0.3, -0.25) is 9.59 Å². The van der Waals surface area contributed by atoms with Crippen molar-refractivity contribution in [2.75, 3.05) is 32.6 Å². The van der Waals surface area contributed by atoms with Gasteiger partial charge >= 0.3 is 6.09 Å². The Hall–Kier alpha value is -3.38. The van der Waals surface area contributed by atoms with Crippen LogP contribution in [0.4, 0.5) is 9.80 Å². The molecule has 3 atom stereocenters. The predicted molar refractivity (Wildman–Crippen MR) is 199 cm³/mol. The molecule has 2 heterocycles. The van der Waals surface area contributed by atoms with Gasteiger partial charge < -0.3 is 34.6 Å². The molecule has 2 N–H and O–H groups in total. The Morgan fingerprint density at radius 1 is 1.04 bits per heavy atom. The van der Waals surface area contributed by atoms with Gasteiger partial charge in [-0.05, 0) is 109 Å². The first-order valence-electron chi connectivity index (χ1n) is 18.1. The molecule has 10 nitrogen and oxygen atoms in total. The molecule has 12 heteroatoms. The van der Waals surface area contributed by atoms with E-state index >= 15 is 0 Å². The number of thiophene rings is 1. The molecule has 6 rings (SSSR count). The zero-order chi connectivity index (χ0) is 35.7. The average molecular weight is 725 g/mol. The first kappa shape index (κ1) is 36.4.